The van der Waals surface area contributed by atoms with E-state index >= 15 is 0 Å². The van der Waals surface area contributed by atoms with Gasteiger partial charge in [-0.25, -0.2) is 0 Å². The van der Waals surface area contributed by atoms with Gasteiger partial charge in [0.05, 0.1) is 6.61 Å². The molecular formula is C17H30O5Si. The van der Waals surface area contributed by atoms with E-state index in [0.29, 0.717) is 18.1 Å². The predicted octanol–water partition coefficient (Wildman–Crippen LogP) is 3.44. The van der Waals surface area contributed by atoms with Crippen molar-refractivity contribution in [2.24, 2.45) is 0 Å². The maximum atomic E-state index is 5.93. The van der Waals surface area contributed by atoms with Gasteiger partial charge in [0, 0.05) is 35.7 Å². The Morgan fingerprint density at radius 2 is 1.43 bits per heavy atom. The van der Waals surface area contributed by atoms with Crippen molar-refractivity contribution < 1.29 is 23.7 Å². The number of rotatable bonds is 11. The maximum absolute atomic E-state index is 5.93. The molecule has 0 radical (unpaired) electrons. The average molecular weight is 343 g/mol. The first-order valence-electron chi connectivity index (χ1n) is 7.84. The summed E-state index contributed by atoms with van der Waals surface area (Å²) in [5.41, 5.74) is 1.01. The molecule has 1 aromatic rings. The van der Waals surface area contributed by atoms with E-state index in [1.807, 2.05) is 18.2 Å². The van der Waals surface area contributed by atoms with Gasteiger partial charge in [0.2, 0.25) is 0 Å². The van der Waals surface area contributed by atoms with Crippen LogP contribution < -0.4 is 9.47 Å². The van der Waals surface area contributed by atoms with Crippen molar-refractivity contribution in [2.75, 3.05) is 34.4 Å². The molecule has 0 saturated heterocycles. The Labute approximate surface area is 141 Å². The van der Waals surface area contributed by atoms with Gasteiger partial charge in [0.25, 0.3) is 0 Å². The van der Waals surface area contributed by atoms with Gasteiger partial charge in [-0.2, -0.15) is 0 Å². The van der Waals surface area contributed by atoms with Crippen molar-refractivity contribution in [1.29, 1.82) is 0 Å². The van der Waals surface area contributed by atoms with Crippen LogP contribution in [0.2, 0.25) is 18.1 Å². The molecule has 0 saturated carbocycles. The SMILES string of the molecule is COCOc1cc(COCC(C)(C)[SiH](C)C)cc(OCOC)c1. The number of benzene rings is 1. The van der Waals surface area contributed by atoms with Crippen LogP contribution in [-0.2, 0) is 20.8 Å². The van der Waals surface area contributed by atoms with Crippen LogP contribution in [-0.4, -0.2) is 43.2 Å². The Kier molecular flexibility index (Phi) is 8.61. The maximum Gasteiger partial charge on any atom is 0.188 e. The number of methoxy groups -OCH3 is 2. The fraction of sp³-hybridized carbons (Fsp3) is 0.647. The first-order valence-corrected chi connectivity index (χ1v) is 10.7. The van der Waals surface area contributed by atoms with Gasteiger partial charge in [0.15, 0.2) is 13.6 Å². The second-order valence-corrected chi connectivity index (χ2v) is 10.4. The number of hydrogen-bond donors (Lipinski definition) is 0. The van der Waals surface area contributed by atoms with Crippen LogP contribution in [0.4, 0.5) is 0 Å². The predicted molar refractivity (Wildman–Crippen MR) is 94.0 cm³/mol. The van der Waals surface area contributed by atoms with Crippen LogP contribution in [0.15, 0.2) is 18.2 Å². The quantitative estimate of drug-likeness (QED) is 0.455. The molecule has 0 aliphatic carbocycles. The summed E-state index contributed by atoms with van der Waals surface area (Å²) < 4.78 is 26.8. The zero-order chi connectivity index (χ0) is 17.3. The molecule has 1 aromatic carbocycles. The van der Waals surface area contributed by atoms with E-state index in [0.717, 1.165) is 12.2 Å². The largest absolute Gasteiger partial charge is 0.467 e. The summed E-state index contributed by atoms with van der Waals surface area (Å²) in [5, 5.41) is 0.277. The highest BCUT2D eigenvalue weighted by Crippen LogP contribution is 2.29. The number of hydrogen-bond acceptors (Lipinski definition) is 5. The second-order valence-electron chi connectivity index (χ2n) is 6.55. The molecule has 0 aromatic heterocycles. The van der Waals surface area contributed by atoms with Gasteiger partial charge in [0.1, 0.15) is 11.5 Å². The highest BCUT2D eigenvalue weighted by molar-refractivity contribution is 6.59. The van der Waals surface area contributed by atoms with Crippen LogP contribution in [0.1, 0.15) is 19.4 Å². The van der Waals surface area contributed by atoms with Crippen molar-refractivity contribution in [1.82, 2.24) is 0 Å². The van der Waals surface area contributed by atoms with Gasteiger partial charge < -0.3 is 23.7 Å². The van der Waals surface area contributed by atoms with Crippen molar-refractivity contribution in [3.63, 3.8) is 0 Å². The molecular weight excluding hydrogens is 312 g/mol. The zero-order valence-electron chi connectivity index (χ0n) is 15.2. The molecule has 0 unspecified atom stereocenters. The van der Waals surface area contributed by atoms with E-state index in [4.69, 9.17) is 23.7 Å². The third-order valence-corrected chi connectivity index (χ3v) is 7.23. The molecule has 6 heteroatoms. The Morgan fingerprint density at radius 1 is 0.913 bits per heavy atom. The Morgan fingerprint density at radius 3 is 1.87 bits per heavy atom. The summed E-state index contributed by atoms with van der Waals surface area (Å²) in [4.78, 5) is 0. The highest BCUT2D eigenvalue weighted by Gasteiger charge is 2.23. The molecule has 0 heterocycles. The van der Waals surface area contributed by atoms with Gasteiger partial charge in [-0.3, -0.25) is 0 Å². The lowest BCUT2D eigenvalue weighted by atomic mass is 10.2. The standard InChI is InChI=1S/C17H30O5Si/c1-17(2,23(5)6)11-20-10-14-7-15(21-12-18-3)9-16(8-14)22-13-19-4/h7-9,23H,10-13H2,1-6H3. The third-order valence-electron chi connectivity index (χ3n) is 3.93. The minimum absolute atomic E-state index is 0.194. The van der Waals surface area contributed by atoms with Crippen molar-refractivity contribution >= 4 is 8.80 Å². The van der Waals surface area contributed by atoms with Crippen molar-refractivity contribution in [3.8, 4) is 11.5 Å². The Balaban J connectivity index is 2.71. The molecule has 0 aliphatic heterocycles. The first-order chi connectivity index (χ1) is 10.9. The van der Waals surface area contributed by atoms with Crippen molar-refractivity contribution in [3.05, 3.63) is 23.8 Å². The lowest BCUT2D eigenvalue weighted by molar-refractivity contribution is 0.0454. The fourth-order valence-corrected chi connectivity index (χ4v) is 2.18. The van der Waals surface area contributed by atoms with E-state index in [9.17, 15) is 0 Å². The van der Waals surface area contributed by atoms with Crippen LogP contribution >= 0.6 is 0 Å². The third kappa shape index (κ3) is 7.35. The van der Waals surface area contributed by atoms with Crippen LogP contribution in [0.3, 0.4) is 0 Å². The van der Waals surface area contributed by atoms with Gasteiger partial charge >= 0.3 is 0 Å². The summed E-state index contributed by atoms with van der Waals surface area (Å²) in [5.74, 6) is 1.38. The number of ether oxygens (including phenoxy) is 5. The minimum Gasteiger partial charge on any atom is -0.467 e. The zero-order valence-corrected chi connectivity index (χ0v) is 16.3. The molecule has 0 N–H and O–H groups in total. The monoisotopic (exact) mass is 342 g/mol. The Bertz CT molecular complexity index is 436. The van der Waals surface area contributed by atoms with E-state index in [1.54, 1.807) is 14.2 Å². The summed E-state index contributed by atoms with van der Waals surface area (Å²) in [6.07, 6.45) is 0. The summed E-state index contributed by atoms with van der Waals surface area (Å²) >= 11 is 0. The second kappa shape index (κ2) is 9.92. The molecule has 0 aliphatic rings. The van der Waals surface area contributed by atoms with Crippen LogP contribution in [0, 0.1) is 0 Å². The average Bonchev–Trinajstić information content (AvgIpc) is 2.50. The normalized spacial score (nSPS) is 11.8. The van der Waals surface area contributed by atoms with Crippen LogP contribution in [0.25, 0.3) is 0 Å². The van der Waals surface area contributed by atoms with Crippen molar-refractivity contribution in [2.45, 2.75) is 38.6 Å². The van der Waals surface area contributed by atoms with Gasteiger partial charge in [-0.15, -0.1) is 0 Å². The fourth-order valence-electron chi connectivity index (χ4n) is 1.73. The molecule has 132 valence electrons. The topological polar surface area (TPSA) is 46.2 Å². The highest BCUT2D eigenvalue weighted by atomic mass is 28.3. The molecule has 0 spiro atoms. The molecule has 0 amide bonds. The van der Waals surface area contributed by atoms with E-state index in [2.05, 4.69) is 26.9 Å². The molecule has 1 rings (SSSR count). The molecule has 0 atom stereocenters. The van der Waals surface area contributed by atoms with Gasteiger partial charge in [-0.1, -0.05) is 26.9 Å². The lowest BCUT2D eigenvalue weighted by Crippen LogP contribution is -2.26. The van der Waals surface area contributed by atoms with E-state index < -0.39 is 8.80 Å². The molecule has 0 bridgehead atoms. The van der Waals surface area contributed by atoms with E-state index in [1.165, 1.54) is 0 Å². The van der Waals surface area contributed by atoms with Crippen LogP contribution in [0.5, 0.6) is 11.5 Å². The molecule has 5 nitrogen and oxygen atoms in total. The smallest absolute Gasteiger partial charge is 0.188 e. The summed E-state index contributed by atoms with van der Waals surface area (Å²) in [7, 11) is 2.42. The molecule has 23 heavy (non-hydrogen) atoms. The molecule has 0 fully saturated rings. The minimum atomic E-state index is -0.763. The van der Waals surface area contributed by atoms with E-state index in [-0.39, 0.29) is 18.6 Å². The summed E-state index contributed by atoms with van der Waals surface area (Å²) in [6, 6.07) is 5.70. The Hall–Kier alpha value is -1.08. The summed E-state index contributed by atoms with van der Waals surface area (Å²) in [6.45, 7) is 10.9. The lowest BCUT2D eigenvalue weighted by Gasteiger charge is -2.27. The first kappa shape index (κ1) is 20.0. The van der Waals surface area contributed by atoms with Gasteiger partial charge in [-0.05, 0) is 22.7 Å².